The SMILES string of the molecule is CN1CCC(N(C)S(=O)(=O)NC(=O)Nc2c(-c3ccnc(C#N)c3)ccc3c2CCC3)C1. The molecule has 1 fully saturated rings. The number of likely N-dealkylation sites (N-methyl/N-ethyl adjacent to an activating group) is 2. The predicted molar refractivity (Wildman–Crippen MR) is 121 cm³/mol. The molecule has 0 bridgehead atoms. The highest BCUT2D eigenvalue weighted by atomic mass is 32.2. The minimum Gasteiger partial charge on any atom is -0.306 e. The summed E-state index contributed by atoms with van der Waals surface area (Å²) >= 11 is 0. The number of nitriles is 1. The highest BCUT2D eigenvalue weighted by Crippen LogP contribution is 2.37. The van der Waals surface area contributed by atoms with Crippen LogP contribution >= 0.6 is 0 Å². The fraction of sp³-hybridized carbons (Fsp3) is 0.409. The number of carbonyl (C=O) groups excluding carboxylic acids is 1. The van der Waals surface area contributed by atoms with Gasteiger partial charge in [0.05, 0.1) is 5.69 Å². The van der Waals surface area contributed by atoms with Crippen molar-refractivity contribution in [1.29, 1.82) is 5.26 Å². The molecule has 1 unspecified atom stereocenters. The Hall–Kier alpha value is -3.00. The number of urea groups is 1. The molecule has 0 radical (unpaired) electrons. The molecule has 32 heavy (non-hydrogen) atoms. The molecular formula is C22H26N6O3S. The number of hydrogen-bond donors (Lipinski definition) is 2. The van der Waals surface area contributed by atoms with E-state index in [9.17, 15) is 18.5 Å². The molecule has 1 aliphatic carbocycles. The van der Waals surface area contributed by atoms with Gasteiger partial charge in [-0.15, -0.1) is 0 Å². The second-order valence-corrected chi connectivity index (χ2v) is 10.0. The van der Waals surface area contributed by atoms with Gasteiger partial charge in [-0.25, -0.2) is 14.5 Å². The number of fused-ring (bicyclic) bond motifs is 1. The monoisotopic (exact) mass is 454 g/mol. The number of rotatable bonds is 5. The number of nitrogens with one attached hydrogen (secondary N) is 2. The van der Waals surface area contributed by atoms with Crippen LogP contribution in [0.5, 0.6) is 0 Å². The molecular weight excluding hydrogens is 428 g/mol. The minimum atomic E-state index is -4.00. The van der Waals surface area contributed by atoms with Gasteiger partial charge in [-0.1, -0.05) is 12.1 Å². The van der Waals surface area contributed by atoms with Crippen molar-refractivity contribution < 1.29 is 13.2 Å². The lowest BCUT2D eigenvalue weighted by Gasteiger charge is -2.24. The Morgan fingerprint density at radius 3 is 2.84 bits per heavy atom. The summed E-state index contributed by atoms with van der Waals surface area (Å²) in [6.45, 7) is 1.44. The van der Waals surface area contributed by atoms with E-state index in [1.165, 1.54) is 11.4 Å². The highest BCUT2D eigenvalue weighted by Gasteiger charge is 2.32. The topological polar surface area (TPSA) is 118 Å². The fourth-order valence-corrected chi connectivity index (χ4v) is 5.44. The lowest BCUT2D eigenvalue weighted by molar-refractivity contribution is 0.255. The Kier molecular flexibility index (Phi) is 6.15. The Morgan fingerprint density at radius 1 is 1.31 bits per heavy atom. The smallest absolute Gasteiger partial charge is 0.306 e. The van der Waals surface area contributed by atoms with Crippen molar-refractivity contribution in [2.24, 2.45) is 0 Å². The molecule has 1 aliphatic heterocycles. The Balaban J connectivity index is 1.60. The maximum absolute atomic E-state index is 12.8. The molecule has 2 aromatic rings. The third-order valence-corrected chi connectivity index (χ3v) is 7.69. The average molecular weight is 455 g/mol. The molecule has 1 aromatic heterocycles. The number of amides is 2. The molecule has 168 valence electrons. The zero-order chi connectivity index (χ0) is 22.9. The zero-order valence-corrected chi connectivity index (χ0v) is 18.9. The second-order valence-electron chi connectivity index (χ2n) is 8.30. The molecule has 2 amide bonds. The maximum Gasteiger partial charge on any atom is 0.333 e. The van der Waals surface area contributed by atoms with Gasteiger partial charge in [0.2, 0.25) is 0 Å². The third-order valence-electron chi connectivity index (χ3n) is 6.19. The van der Waals surface area contributed by atoms with Crippen molar-refractivity contribution in [2.75, 3.05) is 32.5 Å². The minimum absolute atomic E-state index is 0.178. The van der Waals surface area contributed by atoms with Crippen LogP contribution < -0.4 is 10.0 Å². The number of hydrogen-bond acceptors (Lipinski definition) is 6. The van der Waals surface area contributed by atoms with Crippen LogP contribution in [0.4, 0.5) is 10.5 Å². The quantitative estimate of drug-likeness (QED) is 0.714. The summed E-state index contributed by atoms with van der Waals surface area (Å²) in [5, 5.41) is 12.0. The van der Waals surface area contributed by atoms with E-state index in [2.05, 4.69) is 19.9 Å². The van der Waals surface area contributed by atoms with Crippen LogP contribution in [0, 0.1) is 11.3 Å². The van der Waals surface area contributed by atoms with E-state index in [4.69, 9.17) is 0 Å². The average Bonchev–Trinajstić information content (AvgIpc) is 3.42. The molecule has 10 heteroatoms. The molecule has 1 saturated heterocycles. The normalized spacial score (nSPS) is 18.4. The summed E-state index contributed by atoms with van der Waals surface area (Å²) in [5.74, 6) is 0. The van der Waals surface area contributed by atoms with Crippen molar-refractivity contribution in [1.82, 2.24) is 18.9 Å². The number of aryl methyl sites for hydroxylation is 1. The van der Waals surface area contributed by atoms with Crippen LogP contribution in [-0.2, 0) is 23.1 Å². The number of nitrogens with zero attached hydrogens (tertiary/aromatic N) is 4. The Bertz CT molecular complexity index is 1190. The van der Waals surface area contributed by atoms with Crippen LogP contribution in [-0.4, -0.2) is 61.9 Å². The molecule has 1 atom stereocenters. The number of carbonyl (C=O) groups is 1. The summed E-state index contributed by atoms with van der Waals surface area (Å²) in [4.78, 5) is 18.9. The first-order valence-electron chi connectivity index (χ1n) is 10.5. The molecule has 0 saturated carbocycles. The summed E-state index contributed by atoms with van der Waals surface area (Å²) in [6.07, 6.45) is 4.92. The van der Waals surface area contributed by atoms with Gasteiger partial charge in [0.1, 0.15) is 11.8 Å². The van der Waals surface area contributed by atoms with Gasteiger partial charge in [-0.2, -0.15) is 18.0 Å². The fourth-order valence-electron chi connectivity index (χ4n) is 4.44. The highest BCUT2D eigenvalue weighted by molar-refractivity contribution is 7.87. The van der Waals surface area contributed by atoms with Crippen LogP contribution in [0.25, 0.3) is 11.1 Å². The molecule has 2 aliphatic rings. The van der Waals surface area contributed by atoms with E-state index in [-0.39, 0.29) is 11.7 Å². The van der Waals surface area contributed by atoms with Crippen molar-refractivity contribution in [2.45, 2.75) is 31.7 Å². The first-order chi connectivity index (χ1) is 15.3. The van der Waals surface area contributed by atoms with E-state index in [0.29, 0.717) is 12.2 Å². The Labute approximate surface area is 188 Å². The van der Waals surface area contributed by atoms with Crippen molar-refractivity contribution in [3.05, 3.63) is 47.3 Å². The van der Waals surface area contributed by atoms with Gasteiger partial charge in [0.25, 0.3) is 0 Å². The van der Waals surface area contributed by atoms with Crippen LogP contribution in [0.3, 0.4) is 0 Å². The Morgan fingerprint density at radius 2 is 2.12 bits per heavy atom. The molecule has 2 N–H and O–H groups in total. The van der Waals surface area contributed by atoms with Gasteiger partial charge < -0.3 is 10.2 Å². The maximum atomic E-state index is 12.8. The first-order valence-corrected chi connectivity index (χ1v) is 12.0. The van der Waals surface area contributed by atoms with Crippen molar-refractivity contribution in [3.63, 3.8) is 0 Å². The number of anilines is 1. The van der Waals surface area contributed by atoms with Gasteiger partial charge >= 0.3 is 16.2 Å². The zero-order valence-electron chi connectivity index (χ0n) is 18.1. The third kappa shape index (κ3) is 4.46. The first kappa shape index (κ1) is 22.2. The van der Waals surface area contributed by atoms with Gasteiger partial charge in [0.15, 0.2) is 0 Å². The molecule has 1 aromatic carbocycles. The molecule has 4 rings (SSSR count). The van der Waals surface area contributed by atoms with E-state index >= 15 is 0 Å². The summed E-state index contributed by atoms with van der Waals surface area (Å²) < 4.78 is 29.0. The van der Waals surface area contributed by atoms with Crippen LogP contribution in [0.1, 0.15) is 29.7 Å². The second kappa shape index (κ2) is 8.86. The van der Waals surface area contributed by atoms with Gasteiger partial charge in [0, 0.05) is 31.4 Å². The lowest BCUT2D eigenvalue weighted by atomic mass is 9.97. The van der Waals surface area contributed by atoms with Crippen LogP contribution in [0.2, 0.25) is 0 Å². The predicted octanol–water partition coefficient (Wildman–Crippen LogP) is 2.11. The van der Waals surface area contributed by atoms with Crippen molar-refractivity contribution in [3.8, 4) is 17.2 Å². The number of pyridine rings is 1. The van der Waals surface area contributed by atoms with Gasteiger partial charge in [-0.3, -0.25) is 0 Å². The van der Waals surface area contributed by atoms with E-state index in [1.54, 1.807) is 18.3 Å². The van der Waals surface area contributed by atoms with Gasteiger partial charge in [-0.05, 0) is 68.1 Å². The van der Waals surface area contributed by atoms with Crippen LogP contribution in [0.15, 0.2) is 30.5 Å². The summed E-state index contributed by atoms with van der Waals surface area (Å²) in [7, 11) is -0.566. The van der Waals surface area contributed by atoms with E-state index in [1.807, 2.05) is 25.2 Å². The number of aromatic nitrogens is 1. The molecule has 2 heterocycles. The number of benzene rings is 1. The molecule has 9 nitrogen and oxygen atoms in total. The number of likely N-dealkylation sites (tertiary alicyclic amines) is 1. The van der Waals surface area contributed by atoms with E-state index in [0.717, 1.165) is 54.5 Å². The van der Waals surface area contributed by atoms with Crippen molar-refractivity contribution >= 4 is 21.9 Å². The summed E-state index contributed by atoms with van der Waals surface area (Å²) in [5.41, 5.74) is 4.43. The molecule has 0 spiro atoms. The standard InChI is InChI=1S/C22H26N6O3S/c1-27-11-9-18(14-27)28(2)32(30,31)26-22(29)25-21-19-5-3-4-15(19)6-7-20(21)16-8-10-24-17(12-16)13-23/h6-8,10,12,18H,3-5,9,11,14H2,1-2H3,(H2,25,26,29). The summed E-state index contributed by atoms with van der Waals surface area (Å²) in [6, 6.07) is 8.38. The largest absolute Gasteiger partial charge is 0.333 e. The van der Waals surface area contributed by atoms with E-state index < -0.39 is 16.2 Å². The lowest BCUT2D eigenvalue weighted by Crippen LogP contribution is -2.48.